The molecular weight excluding hydrogens is 1190 g/mol. The van der Waals surface area contributed by atoms with E-state index in [4.69, 9.17) is 64.0 Å². The third-order valence-electron chi connectivity index (χ3n) is 9.93. The smallest absolute Gasteiger partial charge is 0.416 e. The van der Waals surface area contributed by atoms with Crippen LogP contribution in [0.4, 0.5) is 43.5 Å². The Balaban J connectivity index is 0.000000268. The molecule has 7 aromatic rings. The first-order valence-electron chi connectivity index (χ1n) is 23.0. The van der Waals surface area contributed by atoms with Gasteiger partial charge >= 0.3 is 24.3 Å². The minimum Gasteiger partial charge on any atom is -0.460 e. The van der Waals surface area contributed by atoms with E-state index in [0.717, 1.165) is 53.4 Å². The standard InChI is InChI=1S/C19H13ClF3N7O4S.C14H12ClF3N4O3S.C10H20O5.C3H4N2O/c1-9-2-3-11(7-12(9)19(21,22)23)35(32,33)29-13-6-10(20)8-25-15(13)17-26-27-18(16(24)31)30(17)14-4-5-34-28-14;1-7-2-3-9(5-10(7)14(16,17)18)26(24,25)22-11-4-8(15)6-20-12(11)13(23)21-19;1-5-12-9(11)10(13-6-2,14-7-3)15-8-4;4-3-1-2-6-5-3/h2-8,29H,1H3,(H2,24,31);2-6,22H,19H2,1H3,(H,21,23);5-8H2,1-4H3;1-2H,(H2,4,5). The second-order valence-corrected chi connectivity index (χ2v) is 19.9. The molecule has 0 aliphatic rings. The molecule has 5 heterocycles. The van der Waals surface area contributed by atoms with Gasteiger partial charge in [-0.3, -0.25) is 24.5 Å². The highest BCUT2D eigenvalue weighted by molar-refractivity contribution is 7.93. The van der Waals surface area contributed by atoms with E-state index in [9.17, 15) is 57.6 Å². The highest BCUT2D eigenvalue weighted by Crippen LogP contribution is 2.36. The molecule has 0 saturated heterocycles. The maximum Gasteiger partial charge on any atom is 0.416 e. The Bertz CT molecular complexity index is 3530. The molecule has 0 bridgehead atoms. The minimum atomic E-state index is -4.77. The summed E-state index contributed by atoms with van der Waals surface area (Å²) in [5.74, 6) is 0.656. The van der Waals surface area contributed by atoms with E-state index >= 15 is 0 Å². The fourth-order valence-electron chi connectivity index (χ4n) is 6.47. The van der Waals surface area contributed by atoms with Gasteiger partial charge in [0.1, 0.15) is 18.2 Å². The van der Waals surface area contributed by atoms with E-state index in [0.29, 0.717) is 37.8 Å². The number of hydrogen-bond acceptors (Lipinski definition) is 21. The number of pyridine rings is 2. The quantitative estimate of drug-likeness (QED) is 0.0123. The van der Waals surface area contributed by atoms with E-state index < -0.39 is 82.8 Å². The number of hydrazine groups is 1. The molecule has 5 aromatic heterocycles. The van der Waals surface area contributed by atoms with Gasteiger partial charge in [0.15, 0.2) is 23.2 Å². The van der Waals surface area contributed by atoms with Crippen LogP contribution in [0.2, 0.25) is 10.0 Å². The number of primary amides is 1. The number of ether oxygens (including phenoxy) is 4. The van der Waals surface area contributed by atoms with E-state index in [1.807, 2.05) is 4.72 Å². The molecule has 2 amide bonds. The number of nitrogen functional groups attached to an aromatic ring is 2. The molecule has 0 saturated carbocycles. The van der Waals surface area contributed by atoms with E-state index in [2.05, 4.69) is 39.7 Å². The second-order valence-electron chi connectivity index (χ2n) is 15.6. The zero-order valence-electron chi connectivity index (χ0n) is 43.4. The molecular formula is C46H49Cl2F6N13O13S2. The minimum absolute atomic E-state index is 0.00356. The largest absolute Gasteiger partial charge is 0.460 e. The summed E-state index contributed by atoms with van der Waals surface area (Å²) in [5, 5.41) is 14.6. The maximum atomic E-state index is 13.3. The number of benzene rings is 2. The highest BCUT2D eigenvalue weighted by Gasteiger charge is 2.44. The SMILES string of the molecule is CCOC(=O)C(OCC)(OCC)OCC.Cc1ccc(S(=O)(=O)Nc2cc(Cl)cnc2-c2nnc(C(N)=O)n2-c2ccon2)cc1C(F)(F)F.Cc1ccc(S(=O)(=O)Nc2cc(Cl)cnc2C(=O)NN)cc1C(F)(F)F.Nc1ccon1. The lowest BCUT2D eigenvalue weighted by Gasteiger charge is -2.29. The Hall–Kier alpha value is -7.99. The Labute approximate surface area is 472 Å². The molecule has 82 heavy (non-hydrogen) atoms. The zero-order chi connectivity index (χ0) is 61.4. The van der Waals surface area contributed by atoms with Crippen LogP contribution in [0, 0.1) is 13.8 Å². The van der Waals surface area contributed by atoms with Crippen molar-refractivity contribution in [2.45, 2.75) is 69.7 Å². The number of sulfonamides is 2. The number of aromatic nitrogens is 7. The van der Waals surface area contributed by atoms with Gasteiger partial charge in [-0.25, -0.2) is 42.0 Å². The van der Waals surface area contributed by atoms with Crippen LogP contribution in [0.15, 0.2) is 104 Å². The van der Waals surface area contributed by atoms with Crippen molar-refractivity contribution in [1.82, 2.24) is 40.5 Å². The first-order chi connectivity index (χ1) is 38.4. The molecule has 0 unspecified atom stereocenters. The normalized spacial score (nSPS) is 11.6. The van der Waals surface area contributed by atoms with Crippen molar-refractivity contribution in [3.8, 4) is 17.3 Å². The van der Waals surface area contributed by atoms with Crippen molar-refractivity contribution >= 4 is 78.2 Å². The number of carbonyl (C=O) groups is 3. The fraction of sp³-hybridized carbons (Fsp3) is 0.283. The van der Waals surface area contributed by atoms with Gasteiger partial charge in [-0.1, -0.05) is 45.6 Å². The molecule has 9 N–H and O–H groups in total. The number of nitrogens with zero attached hydrogens (tertiary/aromatic N) is 7. The van der Waals surface area contributed by atoms with Gasteiger partial charge < -0.3 is 39.5 Å². The third kappa shape index (κ3) is 17.5. The van der Waals surface area contributed by atoms with Gasteiger partial charge in [0.2, 0.25) is 5.82 Å². The summed E-state index contributed by atoms with van der Waals surface area (Å²) in [6, 6.07) is 10.3. The monoisotopic (exact) mass is 1240 g/mol. The summed E-state index contributed by atoms with van der Waals surface area (Å²) in [6.07, 6.45) is -4.63. The van der Waals surface area contributed by atoms with Crippen molar-refractivity contribution in [1.29, 1.82) is 0 Å². The van der Waals surface area contributed by atoms with Crippen LogP contribution in [0.3, 0.4) is 0 Å². The average molecular weight is 1240 g/mol. The van der Waals surface area contributed by atoms with E-state index in [1.54, 1.807) is 39.2 Å². The lowest BCUT2D eigenvalue weighted by atomic mass is 10.1. The number of hydrogen-bond donors (Lipinski definition) is 6. The number of alkyl halides is 6. The summed E-state index contributed by atoms with van der Waals surface area (Å²) in [5.41, 5.74) is 8.53. The first kappa shape index (κ1) is 66.5. The highest BCUT2D eigenvalue weighted by atomic mass is 35.5. The average Bonchev–Trinajstić information content (AvgIpc) is 4.21. The fourth-order valence-corrected chi connectivity index (χ4v) is 8.95. The number of rotatable bonds is 18. The Morgan fingerprint density at radius 1 is 0.683 bits per heavy atom. The number of nitrogens with one attached hydrogen (secondary N) is 3. The first-order valence-corrected chi connectivity index (χ1v) is 26.8. The number of halogens is 8. The van der Waals surface area contributed by atoms with Crippen LogP contribution in [0.1, 0.15) is 71.1 Å². The topological polar surface area (TPSA) is 379 Å². The summed E-state index contributed by atoms with van der Waals surface area (Å²) >= 11 is 11.7. The van der Waals surface area contributed by atoms with Crippen molar-refractivity contribution in [3.05, 3.63) is 129 Å². The number of anilines is 3. The molecule has 26 nitrogen and oxygen atoms in total. The zero-order valence-corrected chi connectivity index (χ0v) is 46.6. The Morgan fingerprint density at radius 3 is 1.59 bits per heavy atom. The number of nitrogens with two attached hydrogens (primary N) is 3. The van der Waals surface area contributed by atoms with Gasteiger partial charge in [0.25, 0.3) is 31.9 Å². The molecule has 2 aromatic carbocycles. The molecule has 0 aliphatic carbocycles. The molecule has 0 spiro atoms. The second kappa shape index (κ2) is 28.6. The van der Waals surface area contributed by atoms with Crippen LogP contribution in [0.5, 0.6) is 0 Å². The van der Waals surface area contributed by atoms with Gasteiger partial charge in [0, 0.05) is 24.5 Å². The molecule has 444 valence electrons. The number of aryl methyl sites for hydroxylation is 2. The Kier molecular flexibility index (Phi) is 23.2. The van der Waals surface area contributed by atoms with Gasteiger partial charge in [-0.2, -0.15) is 26.3 Å². The van der Waals surface area contributed by atoms with Crippen molar-refractivity contribution in [3.63, 3.8) is 0 Å². The molecule has 0 atom stereocenters. The van der Waals surface area contributed by atoms with Crippen LogP contribution in [-0.4, -0.2) is 102 Å². The van der Waals surface area contributed by atoms with E-state index in [1.165, 1.54) is 32.4 Å². The lowest BCUT2D eigenvalue weighted by Crippen LogP contribution is -2.48. The number of carbonyl (C=O) groups excluding carboxylic acids is 3. The molecule has 7 rings (SSSR count). The van der Waals surface area contributed by atoms with Crippen LogP contribution in [-0.2, 0) is 56.1 Å². The summed E-state index contributed by atoms with van der Waals surface area (Å²) in [4.78, 5) is 41.6. The predicted molar refractivity (Wildman–Crippen MR) is 278 cm³/mol. The van der Waals surface area contributed by atoms with Crippen molar-refractivity contribution in [2.75, 3.05) is 41.6 Å². The molecule has 0 radical (unpaired) electrons. The Morgan fingerprint density at radius 2 is 1.17 bits per heavy atom. The molecule has 0 fully saturated rings. The molecule has 36 heteroatoms. The van der Waals surface area contributed by atoms with Crippen LogP contribution in [0.25, 0.3) is 17.3 Å². The third-order valence-corrected chi connectivity index (χ3v) is 13.1. The van der Waals surface area contributed by atoms with E-state index in [-0.39, 0.29) is 62.3 Å². The van der Waals surface area contributed by atoms with Crippen molar-refractivity contribution < 1.29 is 85.6 Å². The predicted octanol–water partition coefficient (Wildman–Crippen LogP) is 7.23. The van der Waals surface area contributed by atoms with Gasteiger partial charge in [0.05, 0.1) is 68.8 Å². The summed E-state index contributed by atoms with van der Waals surface area (Å²) < 4.78 is 165. The maximum absolute atomic E-state index is 13.3. The summed E-state index contributed by atoms with van der Waals surface area (Å²) in [6.45, 7) is 10.6. The number of esters is 1. The number of amides is 2. The summed E-state index contributed by atoms with van der Waals surface area (Å²) in [7, 11) is -9.03. The van der Waals surface area contributed by atoms with Crippen LogP contribution >= 0.6 is 23.2 Å². The van der Waals surface area contributed by atoms with Gasteiger partial charge in [-0.05, 0) is 89.1 Å². The lowest BCUT2D eigenvalue weighted by molar-refractivity contribution is -0.360. The molecule has 0 aliphatic heterocycles. The van der Waals surface area contributed by atoms with Gasteiger partial charge in [-0.15, -0.1) is 10.2 Å². The van der Waals surface area contributed by atoms with Crippen molar-refractivity contribution in [2.24, 2.45) is 11.6 Å². The van der Waals surface area contributed by atoms with Crippen LogP contribution < -0.4 is 32.2 Å².